The normalized spacial score (nSPS) is 10.9. The Morgan fingerprint density at radius 3 is 2.40 bits per heavy atom. The van der Waals surface area contributed by atoms with Gasteiger partial charge in [0.25, 0.3) is 0 Å². The number of aliphatic hydroxyl groups is 2. The third-order valence-corrected chi connectivity index (χ3v) is 1.70. The van der Waals surface area contributed by atoms with Crippen molar-refractivity contribution in [3.8, 4) is 11.5 Å². The minimum absolute atomic E-state index is 0.00519. The summed E-state index contributed by atoms with van der Waals surface area (Å²) in [6, 6.07) is 1.43. The van der Waals surface area contributed by atoms with E-state index in [1.54, 1.807) is 0 Å². The topological polar surface area (TPSA) is 71.8 Å². The van der Waals surface area contributed by atoms with Crippen molar-refractivity contribution in [1.82, 2.24) is 4.98 Å². The number of nitrogens with zero attached hydrogens (tertiary/aromatic N) is 1. The van der Waals surface area contributed by atoms with Crippen LogP contribution in [0, 0.1) is 0 Å². The van der Waals surface area contributed by atoms with Crippen molar-refractivity contribution in [2.24, 2.45) is 0 Å². The standard InChI is InChI=1S/C10H15NO4/c1-6(2)15-9-5-11-7(10(12)13)4-8(9)14-3/h4-6,10,12-13H,1-3H3. The van der Waals surface area contributed by atoms with Crippen LogP contribution in [0.5, 0.6) is 11.5 Å². The van der Waals surface area contributed by atoms with E-state index in [1.807, 2.05) is 13.8 Å². The number of methoxy groups -OCH3 is 1. The van der Waals surface area contributed by atoms with Gasteiger partial charge in [-0.25, -0.2) is 0 Å². The van der Waals surface area contributed by atoms with Crippen LogP contribution in [0.2, 0.25) is 0 Å². The molecule has 0 aliphatic rings. The first-order valence-corrected chi connectivity index (χ1v) is 4.61. The second kappa shape index (κ2) is 4.95. The Hall–Kier alpha value is -1.33. The average Bonchev–Trinajstić information content (AvgIpc) is 2.17. The molecule has 5 heteroatoms. The molecule has 1 heterocycles. The Labute approximate surface area is 88.3 Å². The van der Waals surface area contributed by atoms with Gasteiger partial charge in [-0.15, -0.1) is 0 Å². The minimum Gasteiger partial charge on any atom is -0.493 e. The van der Waals surface area contributed by atoms with Crippen LogP contribution in [0.25, 0.3) is 0 Å². The third-order valence-electron chi connectivity index (χ3n) is 1.70. The lowest BCUT2D eigenvalue weighted by Crippen LogP contribution is -2.08. The van der Waals surface area contributed by atoms with Gasteiger partial charge in [0.05, 0.1) is 25.1 Å². The summed E-state index contributed by atoms with van der Waals surface area (Å²) in [5, 5.41) is 17.8. The van der Waals surface area contributed by atoms with Crippen LogP contribution >= 0.6 is 0 Å². The molecule has 15 heavy (non-hydrogen) atoms. The second-order valence-electron chi connectivity index (χ2n) is 3.30. The Morgan fingerprint density at radius 2 is 1.93 bits per heavy atom. The molecule has 0 aromatic carbocycles. The first-order chi connectivity index (χ1) is 7.04. The molecule has 0 aliphatic carbocycles. The largest absolute Gasteiger partial charge is 0.493 e. The maximum Gasteiger partial charge on any atom is 0.196 e. The van der Waals surface area contributed by atoms with E-state index in [-0.39, 0.29) is 11.8 Å². The molecule has 5 nitrogen and oxygen atoms in total. The summed E-state index contributed by atoms with van der Waals surface area (Å²) in [7, 11) is 1.48. The van der Waals surface area contributed by atoms with Gasteiger partial charge in [-0.3, -0.25) is 4.98 Å². The maximum atomic E-state index is 8.91. The van der Waals surface area contributed by atoms with Crippen LogP contribution in [0.3, 0.4) is 0 Å². The van der Waals surface area contributed by atoms with Crippen LogP contribution in [0.4, 0.5) is 0 Å². The van der Waals surface area contributed by atoms with E-state index in [2.05, 4.69) is 4.98 Å². The fourth-order valence-electron chi connectivity index (χ4n) is 1.08. The molecule has 0 unspecified atom stereocenters. The molecule has 84 valence electrons. The maximum absolute atomic E-state index is 8.91. The summed E-state index contributed by atoms with van der Waals surface area (Å²) >= 11 is 0. The van der Waals surface area contributed by atoms with Crippen molar-refractivity contribution in [1.29, 1.82) is 0 Å². The van der Waals surface area contributed by atoms with E-state index in [0.29, 0.717) is 11.5 Å². The van der Waals surface area contributed by atoms with E-state index < -0.39 is 6.29 Å². The highest BCUT2D eigenvalue weighted by Gasteiger charge is 2.11. The van der Waals surface area contributed by atoms with Crippen LogP contribution in [0.15, 0.2) is 12.3 Å². The Kier molecular flexibility index (Phi) is 3.88. The van der Waals surface area contributed by atoms with Gasteiger partial charge in [0.2, 0.25) is 0 Å². The van der Waals surface area contributed by atoms with Gasteiger partial charge in [0.15, 0.2) is 17.8 Å². The highest BCUT2D eigenvalue weighted by molar-refractivity contribution is 5.39. The molecule has 1 aromatic rings. The quantitative estimate of drug-likeness (QED) is 0.726. The molecule has 0 atom stereocenters. The van der Waals surface area contributed by atoms with Gasteiger partial charge in [-0.05, 0) is 13.8 Å². The molecule has 0 amide bonds. The summed E-state index contributed by atoms with van der Waals surface area (Å²) in [4.78, 5) is 3.83. The van der Waals surface area contributed by atoms with Gasteiger partial charge in [0.1, 0.15) is 0 Å². The SMILES string of the molecule is COc1cc(C(O)O)ncc1OC(C)C. The molecular weight excluding hydrogens is 198 g/mol. The molecule has 0 saturated carbocycles. The van der Waals surface area contributed by atoms with Gasteiger partial charge in [0, 0.05) is 6.07 Å². The molecule has 0 saturated heterocycles. The van der Waals surface area contributed by atoms with E-state index in [9.17, 15) is 0 Å². The van der Waals surface area contributed by atoms with Crippen LogP contribution in [-0.2, 0) is 0 Å². The van der Waals surface area contributed by atoms with Crippen molar-refractivity contribution in [2.75, 3.05) is 7.11 Å². The predicted octanol–water partition coefficient (Wildman–Crippen LogP) is 0.861. The van der Waals surface area contributed by atoms with Crippen LogP contribution < -0.4 is 9.47 Å². The summed E-state index contributed by atoms with van der Waals surface area (Å²) < 4.78 is 10.5. The number of pyridine rings is 1. The van der Waals surface area contributed by atoms with Gasteiger partial charge >= 0.3 is 0 Å². The van der Waals surface area contributed by atoms with Gasteiger partial charge in [-0.1, -0.05) is 0 Å². The highest BCUT2D eigenvalue weighted by Crippen LogP contribution is 2.28. The molecule has 0 aliphatic heterocycles. The van der Waals surface area contributed by atoms with E-state index in [1.165, 1.54) is 19.4 Å². The number of hydrogen-bond donors (Lipinski definition) is 2. The lowest BCUT2D eigenvalue weighted by molar-refractivity contribution is -0.0460. The third kappa shape index (κ3) is 3.07. The number of aliphatic hydroxyl groups excluding tert-OH is 1. The zero-order chi connectivity index (χ0) is 11.4. The Bertz CT molecular complexity index is 325. The van der Waals surface area contributed by atoms with Crippen LogP contribution in [0.1, 0.15) is 25.8 Å². The molecule has 0 fully saturated rings. The molecule has 1 aromatic heterocycles. The van der Waals surface area contributed by atoms with E-state index in [0.717, 1.165) is 0 Å². The predicted molar refractivity (Wildman–Crippen MR) is 53.7 cm³/mol. The first kappa shape index (κ1) is 11.7. The zero-order valence-corrected chi connectivity index (χ0v) is 8.97. The summed E-state index contributed by atoms with van der Waals surface area (Å²) in [5.74, 6) is 0.915. The summed E-state index contributed by atoms with van der Waals surface area (Å²) in [6.45, 7) is 3.77. The van der Waals surface area contributed by atoms with Crippen LogP contribution in [-0.4, -0.2) is 28.4 Å². The Balaban J connectivity index is 2.98. The van der Waals surface area contributed by atoms with Crippen molar-refractivity contribution in [3.05, 3.63) is 18.0 Å². The molecular formula is C10H15NO4. The highest BCUT2D eigenvalue weighted by atomic mass is 16.5. The van der Waals surface area contributed by atoms with Crippen molar-refractivity contribution in [2.45, 2.75) is 26.2 Å². The number of ether oxygens (including phenoxy) is 2. The summed E-state index contributed by atoms with van der Waals surface area (Å²) in [5.41, 5.74) is 0.128. The number of rotatable bonds is 4. The molecule has 0 radical (unpaired) electrons. The lowest BCUT2D eigenvalue weighted by Gasteiger charge is -2.14. The average molecular weight is 213 g/mol. The number of hydrogen-bond acceptors (Lipinski definition) is 5. The van der Waals surface area contributed by atoms with Crippen molar-refractivity contribution in [3.63, 3.8) is 0 Å². The molecule has 0 spiro atoms. The molecule has 1 rings (SSSR count). The Morgan fingerprint density at radius 1 is 1.27 bits per heavy atom. The molecule has 2 N–H and O–H groups in total. The number of aromatic nitrogens is 1. The first-order valence-electron chi connectivity index (χ1n) is 4.61. The monoisotopic (exact) mass is 213 g/mol. The van der Waals surface area contributed by atoms with E-state index >= 15 is 0 Å². The summed E-state index contributed by atoms with van der Waals surface area (Å²) in [6.07, 6.45) is -0.189. The van der Waals surface area contributed by atoms with Gasteiger partial charge in [-0.2, -0.15) is 0 Å². The van der Waals surface area contributed by atoms with Crippen molar-refractivity contribution < 1.29 is 19.7 Å². The fraction of sp³-hybridized carbons (Fsp3) is 0.500. The van der Waals surface area contributed by atoms with Crippen molar-refractivity contribution >= 4 is 0 Å². The minimum atomic E-state index is -1.60. The second-order valence-corrected chi connectivity index (χ2v) is 3.30. The van der Waals surface area contributed by atoms with Gasteiger partial charge < -0.3 is 19.7 Å². The fourth-order valence-corrected chi connectivity index (χ4v) is 1.08. The zero-order valence-electron chi connectivity index (χ0n) is 8.97. The smallest absolute Gasteiger partial charge is 0.196 e. The lowest BCUT2D eigenvalue weighted by atomic mass is 10.3. The molecule has 0 bridgehead atoms. The van der Waals surface area contributed by atoms with E-state index in [4.69, 9.17) is 19.7 Å².